The van der Waals surface area contributed by atoms with Crippen molar-refractivity contribution in [3.05, 3.63) is 23.8 Å². The predicted molar refractivity (Wildman–Crippen MR) is 90.1 cm³/mol. The molecular formula is C15H25ClN2O3S. The summed E-state index contributed by atoms with van der Waals surface area (Å²) in [4.78, 5) is 0.233. The molecule has 1 aliphatic rings. The van der Waals surface area contributed by atoms with Crippen LogP contribution in [0.4, 0.5) is 0 Å². The summed E-state index contributed by atoms with van der Waals surface area (Å²) in [5.41, 5.74) is 6.75. The van der Waals surface area contributed by atoms with Crippen LogP contribution in [0.15, 0.2) is 23.1 Å². The summed E-state index contributed by atoms with van der Waals surface area (Å²) >= 11 is 0. The molecule has 0 aliphatic carbocycles. The van der Waals surface area contributed by atoms with Gasteiger partial charge in [0.1, 0.15) is 10.6 Å². The van der Waals surface area contributed by atoms with Crippen LogP contribution in [0, 0.1) is 12.3 Å². The van der Waals surface area contributed by atoms with E-state index in [0.29, 0.717) is 25.3 Å². The number of nitrogens with zero attached hydrogens (tertiary/aromatic N) is 1. The third-order valence-electron chi connectivity index (χ3n) is 4.21. The first kappa shape index (κ1) is 19.2. The number of rotatable bonds is 3. The Hall–Kier alpha value is -0.820. The summed E-state index contributed by atoms with van der Waals surface area (Å²) < 4.78 is 32.6. The number of halogens is 1. The second kappa shape index (κ2) is 6.74. The Morgan fingerprint density at radius 1 is 1.36 bits per heavy atom. The quantitative estimate of drug-likeness (QED) is 0.908. The molecule has 0 spiro atoms. The molecule has 1 aromatic carbocycles. The highest BCUT2D eigenvalue weighted by atomic mass is 35.5. The lowest BCUT2D eigenvalue weighted by molar-refractivity contribution is 0.155. The smallest absolute Gasteiger partial charge is 0.246 e. The van der Waals surface area contributed by atoms with Gasteiger partial charge in [0, 0.05) is 19.1 Å². The number of hydrogen-bond acceptors (Lipinski definition) is 4. The van der Waals surface area contributed by atoms with Crippen molar-refractivity contribution in [2.24, 2.45) is 11.1 Å². The van der Waals surface area contributed by atoms with E-state index < -0.39 is 10.0 Å². The number of sulfonamides is 1. The Morgan fingerprint density at radius 2 is 2.00 bits per heavy atom. The second-order valence-electron chi connectivity index (χ2n) is 6.38. The molecule has 1 unspecified atom stereocenters. The predicted octanol–water partition coefficient (Wildman–Crippen LogP) is 2.17. The van der Waals surface area contributed by atoms with Crippen molar-refractivity contribution in [3.63, 3.8) is 0 Å². The van der Waals surface area contributed by atoms with Gasteiger partial charge in [-0.3, -0.25) is 0 Å². The fraction of sp³-hybridized carbons (Fsp3) is 0.600. The van der Waals surface area contributed by atoms with Gasteiger partial charge in [0.25, 0.3) is 0 Å². The van der Waals surface area contributed by atoms with Crippen LogP contribution < -0.4 is 10.5 Å². The molecule has 2 rings (SSSR count). The number of methoxy groups -OCH3 is 1. The lowest BCUT2D eigenvalue weighted by Crippen LogP contribution is -2.53. The second-order valence-corrected chi connectivity index (χ2v) is 8.28. The minimum absolute atomic E-state index is 0. The standard InChI is InChI=1S/C15H24N2O3S.ClH/c1-11-5-6-12(20-4)13(9-11)21(18,19)17-8-7-14(16)15(2,3)10-17;/h5-6,9,14H,7-8,10,16H2,1-4H3;1H. The lowest BCUT2D eigenvalue weighted by Gasteiger charge is -2.41. The Kier molecular flexibility index (Phi) is 5.89. The molecule has 1 aliphatic heterocycles. The fourth-order valence-electron chi connectivity index (χ4n) is 2.65. The van der Waals surface area contributed by atoms with E-state index in [-0.39, 0.29) is 28.8 Å². The first-order valence-electron chi connectivity index (χ1n) is 7.09. The molecule has 1 fully saturated rings. The van der Waals surface area contributed by atoms with Crippen molar-refractivity contribution in [2.75, 3.05) is 20.2 Å². The van der Waals surface area contributed by atoms with Crippen molar-refractivity contribution in [2.45, 2.75) is 38.1 Å². The van der Waals surface area contributed by atoms with Gasteiger partial charge in [-0.05, 0) is 36.5 Å². The molecule has 7 heteroatoms. The molecule has 1 atom stereocenters. The number of nitrogens with two attached hydrogens (primary N) is 1. The van der Waals surface area contributed by atoms with E-state index in [1.165, 1.54) is 11.4 Å². The van der Waals surface area contributed by atoms with E-state index in [4.69, 9.17) is 10.5 Å². The highest BCUT2D eigenvalue weighted by Gasteiger charge is 2.39. The van der Waals surface area contributed by atoms with Crippen LogP contribution in [-0.2, 0) is 10.0 Å². The maximum atomic E-state index is 12.9. The van der Waals surface area contributed by atoms with Crippen LogP contribution in [0.3, 0.4) is 0 Å². The Balaban J connectivity index is 0.00000242. The van der Waals surface area contributed by atoms with Crippen molar-refractivity contribution in [3.8, 4) is 5.75 Å². The van der Waals surface area contributed by atoms with E-state index in [1.807, 2.05) is 26.8 Å². The van der Waals surface area contributed by atoms with E-state index in [1.54, 1.807) is 12.1 Å². The SMILES string of the molecule is COc1ccc(C)cc1S(=O)(=O)N1CCC(N)C(C)(C)C1.Cl. The van der Waals surface area contributed by atoms with Crippen molar-refractivity contribution < 1.29 is 13.2 Å². The third-order valence-corrected chi connectivity index (χ3v) is 6.08. The summed E-state index contributed by atoms with van der Waals surface area (Å²) in [6, 6.07) is 5.22. The average Bonchev–Trinajstić information content (AvgIpc) is 2.41. The summed E-state index contributed by atoms with van der Waals surface area (Å²) in [6.45, 7) is 6.76. The van der Waals surface area contributed by atoms with Gasteiger partial charge in [0.2, 0.25) is 10.0 Å². The molecule has 1 saturated heterocycles. The maximum absolute atomic E-state index is 12.9. The normalized spacial score (nSPS) is 22.0. The van der Waals surface area contributed by atoms with Gasteiger partial charge in [0.05, 0.1) is 7.11 Å². The minimum Gasteiger partial charge on any atom is -0.495 e. The molecule has 126 valence electrons. The Bertz CT molecular complexity index is 632. The van der Waals surface area contributed by atoms with E-state index >= 15 is 0 Å². The van der Waals surface area contributed by atoms with Crippen LogP contribution in [0.25, 0.3) is 0 Å². The number of ether oxygens (including phenoxy) is 1. The van der Waals surface area contributed by atoms with E-state index in [0.717, 1.165) is 5.56 Å². The Morgan fingerprint density at radius 3 is 2.55 bits per heavy atom. The molecule has 2 N–H and O–H groups in total. The van der Waals surface area contributed by atoms with E-state index in [2.05, 4.69) is 0 Å². The molecule has 0 radical (unpaired) electrons. The molecule has 1 heterocycles. The zero-order chi connectivity index (χ0) is 15.8. The van der Waals surface area contributed by atoms with Gasteiger partial charge in [0.15, 0.2) is 0 Å². The molecule has 5 nitrogen and oxygen atoms in total. The van der Waals surface area contributed by atoms with Gasteiger partial charge in [-0.1, -0.05) is 19.9 Å². The maximum Gasteiger partial charge on any atom is 0.246 e. The monoisotopic (exact) mass is 348 g/mol. The van der Waals surface area contributed by atoms with Gasteiger partial charge >= 0.3 is 0 Å². The fourth-order valence-corrected chi connectivity index (χ4v) is 4.52. The largest absolute Gasteiger partial charge is 0.495 e. The van der Waals surface area contributed by atoms with Gasteiger partial charge in [-0.15, -0.1) is 12.4 Å². The zero-order valence-electron chi connectivity index (χ0n) is 13.5. The Labute approximate surface area is 139 Å². The van der Waals surface area contributed by atoms with Crippen molar-refractivity contribution in [1.29, 1.82) is 0 Å². The summed E-state index contributed by atoms with van der Waals surface area (Å²) in [7, 11) is -2.08. The van der Waals surface area contributed by atoms with Crippen LogP contribution in [0.1, 0.15) is 25.8 Å². The average molecular weight is 349 g/mol. The first-order valence-corrected chi connectivity index (χ1v) is 8.53. The molecule has 0 amide bonds. The molecule has 22 heavy (non-hydrogen) atoms. The van der Waals surface area contributed by atoms with Crippen LogP contribution in [0.5, 0.6) is 5.75 Å². The topological polar surface area (TPSA) is 72.6 Å². The first-order chi connectivity index (χ1) is 9.68. The zero-order valence-corrected chi connectivity index (χ0v) is 15.1. The van der Waals surface area contributed by atoms with Crippen LogP contribution >= 0.6 is 12.4 Å². The van der Waals surface area contributed by atoms with E-state index in [9.17, 15) is 8.42 Å². The van der Waals surface area contributed by atoms with Crippen LogP contribution in [-0.4, -0.2) is 39.0 Å². The number of aryl methyl sites for hydroxylation is 1. The van der Waals surface area contributed by atoms with Gasteiger partial charge in [-0.2, -0.15) is 4.31 Å². The van der Waals surface area contributed by atoms with Gasteiger partial charge < -0.3 is 10.5 Å². The number of piperidine rings is 1. The highest BCUT2D eigenvalue weighted by molar-refractivity contribution is 7.89. The summed E-state index contributed by atoms with van der Waals surface area (Å²) in [5.74, 6) is 0.383. The molecule has 0 bridgehead atoms. The summed E-state index contributed by atoms with van der Waals surface area (Å²) in [5, 5.41) is 0. The van der Waals surface area contributed by atoms with Crippen molar-refractivity contribution in [1.82, 2.24) is 4.31 Å². The number of hydrogen-bond donors (Lipinski definition) is 1. The van der Waals surface area contributed by atoms with Gasteiger partial charge in [-0.25, -0.2) is 8.42 Å². The van der Waals surface area contributed by atoms with Crippen LogP contribution in [0.2, 0.25) is 0 Å². The summed E-state index contributed by atoms with van der Waals surface area (Å²) in [6.07, 6.45) is 0.667. The highest BCUT2D eigenvalue weighted by Crippen LogP contribution is 2.34. The molecule has 0 saturated carbocycles. The third kappa shape index (κ3) is 3.56. The molecular weight excluding hydrogens is 324 g/mol. The minimum atomic E-state index is -3.57. The lowest BCUT2D eigenvalue weighted by atomic mass is 9.81. The number of benzene rings is 1. The molecule has 0 aromatic heterocycles. The van der Waals surface area contributed by atoms with Crippen molar-refractivity contribution >= 4 is 22.4 Å². The molecule has 1 aromatic rings.